The molecule has 1 fully saturated rings. The molecule has 18 heavy (non-hydrogen) atoms. The summed E-state index contributed by atoms with van der Waals surface area (Å²) in [4.78, 5) is 0. The quantitative estimate of drug-likeness (QED) is 0.800. The Kier molecular flexibility index (Phi) is 5.55. The van der Waals surface area contributed by atoms with Gasteiger partial charge in [0.25, 0.3) is 0 Å². The van der Waals surface area contributed by atoms with Crippen LogP contribution in [0, 0.1) is 11.8 Å². The molecule has 1 N–H and O–H groups in total. The van der Waals surface area contributed by atoms with Gasteiger partial charge in [0.05, 0.1) is 12.9 Å². The minimum absolute atomic E-state index is 0.577. The number of hydrogen-bond donors (Lipinski definition) is 1. The lowest BCUT2D eigenvalue weighted by Gasteiger charge is -2.36. The number of rotatable bonds is 5. The predicted molar refractivity (Wildman–Crippen MR) is 76.5 cm³/mol. The Bertz CT molecular complexity index is 274. The maximum absolute atomic E-state index is 5.56. The van der Waals surface area contributed by atoms with Gasteiger partial charge in [-0.2, -0.15) is 0 Å². The molecule has 1 aliphatic carbocycles. The lowest BCUT2D eigenvalue weighted by Crippen LogP contribution is -2.41. The summed E-state index contributed by atoms with van der Waals surface area (Å²) in [6.07, 6.45) is 11.3. The maximum atomic E-state index is 5.56. The summed E-state index contributed by atoms with van der Waals surface area (Å²) < 4.78 is 5.56. The van der Waals surface area contributed by atoms with Gasteiger partial charge < -0.3 is 10.1 Å². The van der Waals surface area contributed by atoms with E-state index >= 15 is 0 Å². The van der Waals surface area contributed by atoms with Gasteiger partial charge in [-0.05, 0) is 56.1 Å². The van der Waals surface area contributed by atoms with Crippen molar-refractivity contribution in [3.05, 3.63) is 11.8 Å². The number of nitrogens with one attached hydrogen (secondary N) is 1. The summed E-state index contributed by atoms with van der Waals surface area (Å²) in [5, 5.41) is 3.78. The molecule has 2 rings (SSSR count). The van der Waals surface area contributed by atoms with Crippen LogP contribution in [0.1, 0.15) is 58.8 Å². The molecule has 1 aliphatic heterocycles. The van der Waals surface area contributed by atoms with Crippen molar-refractivity contribution in [1.82, 2.24) is 5.32 Å². The van der Waals surface area contributed by atoms with E-state index in [-0.39, 0.29) is 0 Å². The highest BCUT2D eigenvalue weighted by Gasteiger charge is 2.29. The first-order valence-electron chi connectivity index (χ1n) is 7.85. The smallest absolute Gasteiger partial charge is 0.0876 e. The fraction of sp³-hybridized carbons (Fsp3) is 0.875. The van der Waals surface area contributed by atoms with Crippen LogP contribution >= 0.6 is 0 Å². The van der Waals surface area contributed by atoms with Crippen LogP contribution in [-0.2, 0) is 4.74 Å². The molecule has 3 unspecified atom stereocenters. The van der Waals surface area contributed by atoms with Crippen molar-refractivity contribution in [3.63, 3.8) is 0 Å². The van der Waals surface area contributed by atoms with Gasteiger partial charge in [0.15, 0.2) is 0 Å². The Hall–Kier alpha value is -0.500. The van der Waals surface area contributed by atoms with Crippen LogP contribution < -0.4 is 5.32 Å². The summed E-state index contributed by atoms with van der Waals surface area (Å²) in [6.45, 7) is 6.70. The summed E-state index contributed by atoms with van der Waals surface area (Å²) in [5.41, 5.74) is 1.52. The molecule has 0 amide bonds. The molecule has 104 valence electrons. The Balaban J connectivity index is 2.00. The van der Waals surface area contributed by atoms with Crippen LogP contribution in [-0.4, -0.2) is 19.2 Å². The molecule has 0 radical (unpaired) electrons. The molecule has 0 bridgehead atoms. The van der Waals surface area contributed by atoms with Gasteiger partial charge in [-0.3, -0.25) is 0 Å². The second-order valence-electron chi connectivity index (χ2n) is 6.13. The number of ether oxygens (including phenoxy) is 1. The van der Waals surface area contributed by atoms with E-state index in [9.17, 15) is 0 Å². The molecule has 3 atom stereocenters. The van der Waals surface area contributed by atoms with Crippen molar-refractivity contribution < 1.29 is 4.74 Å². The molecular formula is C16H29NO. The first-order chi connectivity index (χ1) is 8.81. The van der Waals surface area contributed by atoms with Crippen LogP contribution in [0.25, 0.3) is 0 Å². The van der Waals surface area contributed by atoms with E-state index in [1.54, 1.807) is 0 Å². The van der Waals surface area contributed by atoms with Crippen molar-refractivity contribution in [2.75, 3.05) is 13.2 Å². The van der Waals surface area contributed by atoms with E-state index in [4.69, 9.17) is 4.74 Å². The second kappa shape index (κ2) is 7.18. The molecule has 0 saturated heterocycles. The molecule has 0 aromatic carbocycles. The van der Waals surface area contributed by atoms with Gasteiger partial charge in [-0.1, -0.05) is 26.7 Å². The van der Waals surface area contributed by atoms with Gasteiger partial charge in [0, 0.05) is 6.04 Å². The Morgan fingerprint density at radius 2 is 2.28 bits per heavy atom. The zero-order valence-corrected chi connectivity index (χ0v) is 12.1. The molecular weight excluding hydrogens is 222 g/mol. The summed E-state index contributed by atoms with van der Waals surface area (Å²) >= 11 is 0. The average molecular weight is 251 g/mol. The lowest BCUT2D eigenvalue weighted by molar-refractivity contribution is 0.196. The molecule has 0 aromatic heterocycles. The molecule has 0 spiro atoms. The van der Waals surface area contributed by atoms with Crippen molar-refractivity contribution in [2.45, 2.75) is 64.8 Å². The van der Waals surface area contributed by atoms with Gasteiger partial charge >= 0.3 is 0 Å². The monoisotopic (exact) mass is 251 g/mol. The molecule has 0 aromatic rings. The third-order valence-electron chi connectivity index (χ3n) is 4.42. The van der Waals surface area contributed by atoms with E-state index in [0.717, 1.165) is 25.0 Å². The summed E-state index contributed by atoms with van der Waals surface area (Å²) in [5.74, 6) is 1.73. The van der Waals surface area contributed by atoms with E-state index in [2.05, 4.69) is 25.4 Å². The third-order valence-corrected chi connectivity index (χ3v) is 4.42. The van der Waals surface area contributed by atoms with Crippen molar-refractivity contribution in [2.24, 2.45) is 11.8 Å². The van der Waals surface area contributed by atoms with E-state index in [1.165, 1.54) is 50.5 Å². The zero-order valence-electron chi connectivity index (χ0n) is 12.1. The molecule has 2 aliphatic rings. The van der Waals surface area contributed by atoms with Gasteiger partial charge in [0.2, 0.25) is 0 Å². The highest BCUT2D eigenvalue weighted by molar-refractivity contribution is 5.12. The minimum atomic E-state index is 0.577. The van der Waals surface area contributed by atoms with Crippen LogP contribution in [0.4, 0.5) is 0 Å². The molecule has 1 heterocycles. The van der Waals surface area contributed by atoms with Gasteiger partial charge in [-0.25, -0.2) is 0 Å². The third kappa shape index (κ3) is 3.74. The molecule has 2 nitrogen and oxygen atoms in total. The van der Waals surface area contributed by atoms with Crippen molar-refractivity contribution >= 4 is 0 Å². The Labute approximate surface area is 112 Å². The average Bonchev–Trinajstić information content (AvgIpc) is 2.40. The first-order valence-corrected chi connectivity index (χ1v) is 7.85. The summed E-state index contributed by atoms with van der Waals surface area (Å²) in [7, 11) is 0. The van der Waals surface area contributed by atoms with Crippen LogP contribution in [0.15, 0.2) is 11.8 Å². The van der Waals surface area contributed by atoms with Crippen LogP contribution in [0.3, 0.4) is 0 Å². The standard InChI is InChI=1S/C16H29NO/c1-3-9-17-16(15-8-5-10-18-12-15)14-7-4-6-13(2)11-14/h12-14,16-17H,3-11H2,1-2H3. The fourth-order valence-corrected chi connectivity index (χ4v) is 3.50. The SMILES string of the molecule is CCCNC(C1=COCCC1)C1CCCC(C)C1. The highest BCUT2D eigenvalue weighted by atomic mass is 16.5. The maximum Gasteiger partial charge on any atom is 0.0876 e. The van der Waals surface area contributed by atoms with Gasteiger partial charge in [-0.15, -0.1) is 0 Å². The fourth-order valence-electron chi connectivity index (χ4n) is 3.50. The van der Waals surface area contributed by atoms with Crippen molar-refractivity contribution in [1.29, 1.82) is 0 Å². The molecule has 1 saturated carbocycles. The van der Waals surface area contributed by atoms with Crippen molar-refractivity contribution in [3.8, 4) is 0 Å². The number of hydrogen-bond acceptors (Lipinski definition) is 2. The Morgan fingerprint density at radius 1 is 1.39 bits per heavy atom. The first kappa shape index (κ1) is 13.9. The van der Waals surface area contributed by atoms with Crippen LogP contribution in [0.5, 0.6) is 0 Å². The predicted octanol–water partition coefficient (Wildman–Crippen LogP) is 3.88. The normalized spacial score (nSPS) is 30.4. The second-order valence-corrected chi connectivity index (χ2v) is 6.13. The summed E-state index contributed by atoms with van der Waals surface area (Å²) in [6, 6.07) is 0.577. The topological polar surface area (TPSA) is 21.3 Å². The largest absolute Gasteiger partial charge is 0.501 e. The van der Waals surface area contributed by atoms with E-state index in [0.29, 0.717) is 6.04 Å². The lowest BCUT2D eigenvalue weighted by atomic mass is 9.76. The van der Waals surface area contributed by atoms with E-state index in [1.807, 2.05) is 0 Å². The highest BCUT2D eigenvalue weighted by Crippen LogP contribution is 2.34. The van der Waals surface area contributed by atoms with E-state index < -0.39 is 0 Å². The minimum Gasteiger partial charge on any atom is -0.501 e. The van der Waals surface area contributed by atoms with Crippen LogP contribution in [0.2, 0.25) is 0 Å². The Morgan fingerprint density at radius 3 is 2.94 bits per heavy atom. The van der Waals surface area contributed by atoms with Gasteiger partial charge in [0.1, 0.15) is 0 Å². The molecule has 2 heteroatoms. The zero-order chi connectivity index (χ0) is 12.8.